The zero-order chi connectivity index (χ0) is 16.0. The van der Waals surface area contributed by atoms with E-state index < -0.39 is 0 Å². The summed E-state index contributed by atoms with van der Waals surface area (Å²) in [5, 5.41) is 2.95. The number of benzene rings is 1. The van der Waals surface area contributed by atoms with Crippen LogP contribution in [0.2, 0.25) is 0 Å². The Morgan fingerprint density at radius 2 is 1.81 bits per heavy atom. The van der Waals surface area contributed by atoms with Gasteiger partial charge in [0.25, 0.3) is 5.91 Å². The number of rotatable bonds is 6. The summed E-state index contributed by atoms with van der Waals surface area (Å²) in [6, 6.07) is 7.24. The van der Waals surface area contributed by atoms with E-state index in [0.717, 1.165) is 12.2 Å². The molecule has 0 fully saturated rings. The number of alkyl halides is 1. The molecule has 0 aliphatic carbocycles. The van der Waals surface area contributed by atoms with Crippen molar-refractivity contribution in [3.8, 4) is 5.75 Å². The van der Waals surface area contributed by atoms with Crippen molar-refractivity contribution in [2.45, 2.75) is 52.0 Å². The van der Waals surface area contributed by atoms with Crippen molar-refractivity contribution in [1.29, 1.82) is 0 Å². The maximum Gasteiger partial charge on any atom is 0.251 e. The Morgan fingerprint density at radius 1 is 1.24 bits per heavy atom. The van der Waals surface area contributed by atoms with Gasteiger partial charge in [-0.25, -0.2) is 0 Å². The maximum atomic E-state index is 12.1. The first-order chi connectivity index (χ1) is 9.67. The van der Waals surface area contributed by atoms with E-state index in [2.05, 4.69) is 42.0 Å². The van der Waals surface area contributed by atoms with E-state index in [4.69, 9.17) is 4.74 Å². The summed E-state index contributed by atoms with van der Waals surface area (Å²) in [6.07, 6.45) is 1.14. The van der Waals surface area contributed by atoms with Gasteiger partial charge in [-0.3, -0.25) is 4.79 Å². The summed E-state index contributed by atoms with van der Waals surface area (Å²) in [7, 11) is 0. The molecule has 1 N–H and O–H groups in total. The summed E-state index contributed by atoms with van der Waals surface area (Å²) in [6.45, 7) is 11.2. The zero-order valence-electron chi connectivity index (χ0n) is 13.6. The number of carbonyl (C=O) groups excluding carboxylic acids is 1. The Bertz CT molecular complexity index is 449. The second kappa shape index (κ2) is 7.83. The van der Waals surface area contributed by atoms with Crippen LogP contribution in [0.25, 0.3) is 0 Å². The second-order valence-electron chi connectivity index (χ2n) is 6.76. The Balaban J connectivity index is 2.48. The molecule has 1 rings (SSSR count). The van der Waals surface area contributed by atoms with Crippen molar-refractivity contribution in [2.24, 2.45) is 5.41 Å². The number of ether oxygens (including phenoxy) is 1. The zero-order valence-corrected chi connectivity index (χ0v) is 15.2. The summed E-state index contributed by atoms with van der Waals surface area (Å²) in [5.74, 6) is 0.733. The van der Waals surface area contributed by atoms with Crippen molar-refractivity contribution in [1.82, 2.24) is 5.32 Å². The fraction of sp³-hybridized carbons (Fsp3) is 0.588. The highest BCUT2D eigenvalue weighted by Crippen LogP contribution is 2.24. The van der Waals surface area contributed by atoms with Gasteiger partial charge in [-0.1, -0.05) is 36.7 Å². The van der Waals surface area contributed by atoms with Crippen molar-refractivity contribution in [2.75, 3.05) is 6.54 Å². The van der Waals surface area contributed by atoms with Gasteiger partial charge in [-0.15, -0.1) is 0 Å². The average Bonchev–Trinajstić information content (AvgIpc) is 2.34. The molecule has 0 radical (unpaired) electrons. The topological polar surface area (TPSA) is 38.3 Å². The summed E-state index contributed by atoms with van der Waals surface area (Å²) in [5.41, 5.74) is 0.899. The fourth-order valence-corrected chi connectivity index (χ4v) is 3.13. The molecule has 0 aliphatic rings. The quantitative estimate of drug-likeness (QED) is 0.767. The lowest BCUT2D eigenvalue weighted by molar-refractivity contribution is 0.0952. The van der Waals surface area contributed by atoms with Gasteiger partial charge in [-0.2, -0.15) is 0 Å². The van der Waals surface area contributed by atoms with Crippen LogP contribution in [-0.2, 0) is 0 Å². The number of nitrogens with one attached hydrogen (secondary N) is 1. The van der Waals surface area contributed by atoms with E-state index in [1.54, 1.807) is 12.1 Å². The highest BCUT2D eigenvalue weighted by Gasteiger charge is 2.17. The molecule has 0 aromatic heterocycles. The van der Waals surface area contributed by atoms with Gasteiger partial charge in [0.1, 0.15) is 5.75 Å². The molecule has 0 spiro atoms. The van der Waals surface area contributed by atoms with Crippen molar-refractivity contribution in [3.05, 3.63) is 29.8 Å². The Hall–Kier alpha value is -1.03. The van der Waals surface area contributed by atoms with E-state index >= 15 is 0 Å². The van der Waals surface area contributed by atoms with Crippen LogP contribution in [0.3, 0.4) is 0 Å². The molecule has 1 aromatic carbocycles. The number of hydrogen-bond acceptors (Lipinski definition) is 2. The molecule has 4 heteroatoms. The molecule has 0 saturated heterocycles. The lowest BCUT2D eigenvalue weighted by Gasteiger charge is -2.22. The standard InChI is InChI=1S/C17H26BrNO2/c1-12(2)21-15-8-6-13(7-9-15)16(20)19-11-14(18)10-17(3,4)5/h6-9,12,14H,10-11H2,1-5H3,(H,19,20). The highest BCUT2D eigenvalue weighted by molar-refractivity contribution is 9.09. The maximum absolute atomic E-state index is 12.1. The SMILES string of the molecule is CC(C)Oc1ccc(C(=O)NCC(Br)CC(C)(C)C)cc1. The lowest BCUT2D eigenvalue weighted by atomic mass is 9.90. The summed E-state index contributed by atoms with van der Waals surface area (Å²) < 4.78 is 5.56. The van der Waals surface area contributed by atoms with E-state index in [9.17, 15) is 4.79 Å². The molecular weight excluding hydrogens is 330 g/mol. The normalized spacial score (nSPS) is 13.1. The number of halogens is 1. The third kappa shape index (κ3) is 7.51. The van der Waals surface area contributed by atoms with Gasteiger partial charge in [0.2, 0.25) is 0 Å². The predicted octanol–water partition coefficient (Wildman–Crippen LogP) is 4.40. The van der Waals surface area contributed by atoms with Gasteiger partial charge in [0.05, 0.1) is 6.10 Å². The molecule has 0 saturated carbocycles. The van der Waals surface area contributed by atoms with Crippen LogP contribution in [0.5, 0.6) is 5.75 Å². The first kappa shape index (κ1) is 18.0. The smallest absolute Gasteiger partial charge is 0.251 e. The van der Waals surface area contributed by atoms with E-state index in [0.29, 0.717) is 12.1 Å². The van der Waals surface area contributed by atoms with Crippen molar-refractivity contribution in [3.63, 3.8) is 0 Å². The molecule has 21 heavy (non-hydrogen) atoms. The number of amides is 1. The van der Waals surface area contributed by atoms with Gasteiger partial charge >= 0.3 is 0 Å². The van der Waals surface area contributed by atoms with Crippen LogP contribution < -0.4 is 10.1 Å². The van der Waals surface area contributed by atoms with Crippen LogP contribution in [0.4, 0.5) is 0 Å². The summed E-state index contributed by atoms with van der Waals surface area (Å²) in [4.78, 5) is 12.4. The molecule has 0 heterocycles. The molecule has 3 nitrogen and oxygen atoms in total. The largest absolute Gasteiger partial charge is 0.491 e. The third-order valence-corrected chi connectivity index (χ3v) is 3.45. The van der Waals surface area contributed by atoms with Gasteiger partial charge in [0.15, 0.2) is 0 Å². The highest BCUT2D eigenvalue weighted by atomic mass is 79.9. The Kier molecular flexibility index (Phi) is 6.72. The Labute approximate surface area is 136 Å². The minimum absolute atomic E-state index is 0.0514. The van der Waals surface area contributed by atoms with E-state index in [1.807, 2.05) is 26.0 Å². The molecule has 0 bridgehead atoms. The summed E-state index contributed by atoms with van der Waals surface area (Å²) >= 11 is 3.62. The van der Waals surface area contributed by atoms with E-state index in [1.165, 1.54) is 0 Å². The predicted molar refractivity (Wildman–Crippen MR) is 91.3 cm³/mol. The first-order valence-electron chi connectivity index (χ1n) is 7.36. The molecule has 1 unspecified atom stereocenters. The Morgan fingerprint density at radius 3 is 2.29 bits per heavy atom. The average molecular weight is 356 g/mol. The number of hydrogen-bond donors (Lipinski definition) is 1. The number of carbonyl (C=O) groups is 1. The molecule has 0 aliphatic heterocycles. The van der Waals surface area contributed by atoms with Gasteiger partial charge in [-0.05, 0) is 49.9 Å². The van der Waals surface area contributed by atoms with Crippen LogP contribution in [0, 0.1) is 5.41 Å². The van der Waals surface area contributed by atoms with Gasteiger partial charge in [0, 0.05) is 16.9 Å². The minimum Gasteiger partial charge on any atom is -0.491 e. The lowest BCUT2D eigenvalue weighted by Crippen LogP contribution is -2.31. The van der Waals surface area contributed by atoms with E-state index in [-0.39, 0.29) is 22.3 Å². The third-order valence-electron chi connectivity index (χ3n) is 2.81. The van der Waals surface area contributed by atoms with Gasteiger partial charge < -0.3 is 10.1 Å². The minimum atomic E-state index is -0.0514. The molecule has 1 aromatic rings. The van der Waals surface area contributed by atoms with Crippen LogP contribution in [0.15, 0.2) is 24.3 Å². The van der Waals surface area contributed by atoms with Crippen LogP contribution in [0.1, 0.15) is 51.4 Å². The fourth-order valence-electron chi connectivity index (χ4n) is 2.00. The van der Waals surface area contributed by atoms with Crippen molar-refractivity contribution >= 4 is 21.8 Å². The second-order valence-corrected chi connectivity index (χ2v) is 8.06. The first-order valence-corrected chi connectivity index (χ1v) is 8.28. The molecular formula is C17H26BrNO2. The molecule has 1 amide bonds. The van der Waals surface area contributed by atoms with Crippen LogP contribution in [-0.4, -0.2) is 23.4 Å². The molecule has 118 valence electrons. The van der Waals surface area contributed by atoms with Crippen molar-refractivity contribution < 1.29 is 9.53 Å². The monoisotopic (exact) mass is 355 g/mol. The van der Waals surface area contributed by atoms with Crippen LogP contribution >= 0.6 is 15.9 Å². The molecule has 1 atom stereocenters.